The largest absolute Gasteiger partial charge is 0.313 e. The van der Waals surface area contributed by atoms with Crippen molar-refractivity contribution in [2.45, 2.75) is 32.2 Å². The zero-order valence-electron chi connectivity index (χ0n) is 9.06. The first-order valence-corrected chi connectivity index (χ1v) is 7.30. The Kier molecular flexibility index (Phi) is 4.44. The summed E-state index contributed by atoms with van der Waals surface area (Å²) >= 11 is 2.43. The summed E-state index contributed by atoms with van der Waals surface area (Å²) < 4.78 is 1.24. The normalized spacial score (nSPS) is 14.2. The molecule has 0 bridgehead atoms. The molecule has 0 unspecified atom stereocenters. The summed E-state index contributed by atoms with van der Waals surface area (Å²) in [6.45, 7) is 2.17. The van der Waals surface area contributed by atoms with E-state index in [0.29, 0.717) is 0 Å². The number of alkyl halides is 1. The van der Waals surface area contributed by atoms with Crippen LogP contribution in [0.1, 0.15) is 29.5 Å². The third-order valence-corrected chi connectivity index (χ3v) is 3.74. The summed E-state index contributed by atoms with van der Waals surface area (Å²) in [5.41, 5.74) is 4.61. The molecule has 0 aromatic heterocycles. The Bertz CT molecular complexity index is 322. The molecule has 0 saturated carbocycles. The van der Waals surface area contributed by atoms with Gasteiger partial charge in [0.25, 0.3) is 0 Å². The molecule has 0 heterocycles. The van der Waals surface area contributed by atoms with Crippen LogP contribution in [0.15, 0.2) is 18.2 Å². The monoisotopic (exact) mass is 315 g/mol. The Hall–Kier alpha value is -0.0900. The van der Waals surface area contributed by atoms with E-state index < -0.39 is 0 Å². The second-order valence-corrected chi connectivity index (χ2v) is 5.25. The SMILES string of the molecule is ICCCNCc1ccc2c(c1)CCC2. The zero-order valence-corrected chi connectivity index (χ0v) is 11.2. The summed E-state index contributed by atoms with van der Waals surface area (Å²) in [7, 11) is 0. The number of aryl methyl sites for hydroxylation is 2. The van der Waals surface area contributed by atoms with Crippen molar-refractivity contribution in [1.82, 2.24) is 5.32 Å². The average Bonchev–Trinajstić information content (AvgIpc) is 2.71. The third kappa shape index (κ3) is 3.18. The van der Waals surface area contributed by atoms with E-state index in [1.807, 2.05) is 0 Å². The van der Waals surface area contributed by atoms with Gasteiger partial charge < -0.3 is 5.32 Å². The molecular formula is C13H18IN. The van der Waals surface area contributed by atoms with Crippen LogP contribution in [0.3, 0.4) is 0 Å². The molecule has 0 saturated heterocycles. The predicted molar refractivity (Wildman–Crippen MR) is 73.7 cm³/mol. The number of hydrogen-bond acceptors (Lipinski definition) is 1. The third-order valence-electron chi connectivity index (χ3n) is 2.98. The lowest BCUT2D eigenvalue weighted by Gasteiger charge is -2.06. The highest BCUT2D eigenvalue weighted by atomic mass is 127. The van der Waals surface area contributed by atoms with E-state index in [2.05, 4.69) is 46.1 Å². The van der Waals surface area contributed by atoms with Gasteiger partial charge in [-0.05, 0) is 48.9 Å². The van der Waals surface area contributed by atoms with Gasteiger partial charge in [0, 0.05) is 11.0 Å². The van der Waals surface area contributed by atoms with Gasteiger partial charge in [0.15, 0.2) is 0 Å². The topological polar surface area (TPSA) is 12.0 Å². The molecule has 2 rings (SSSR count). The van der Waals surface area contributed by atoms with E-state index in [1.165, 1.54) is 35.7 Å². The maximum atomic E-state index is 3.49. The lowest BCUT2D eigenvalue weighted by atomic mass is 10.1. The van der Waals surface area contributed by atoms with Crippen LogP contribution in [0.2, 0.25) is 0 Å². The van der Waals surface area contributed by atoms with Crippen molar-refractivity contribution in [3.63, 3.8) is 0 Å². The Morgan fingerprint density at radius 2 is 2.07 bits per heavy atom. The molecule has 0 radical (unpaired) electrons. The van der Waals surface area contributed by atoms with Gasteiger partial charge in [0.05, 0.1) is 0 Å². The minimum atomic E-state index is 1.03. The van der Waals surface area contributed by atoms with Crippen molar-refractivity contribution < 1.29 is 0 Å². The highest BCUT2D eigenvalue weighted by Gasteiger charge is 2.10. The van der Waals surface area contributed by atoms with Gasteiger partial charge in [-0.3, -0.25) is 0 Å². The fourth-order valence-electron chi connectivity index (χ4n) is 2.16. The number of nitrogens with one attached hydrogen (secondary N) is 1. The summed E-state index contributed by atoms with van der Waals surface area (Å²) in [6.07, 6.45) is 5.20. The highest BCUT2D eigenvalue weighted by Crippen LogP contribution is 2.22. The van der Waals surface area contributed by atoms with Gasteiger partial charge in [0.1, 0.15) is 0 Å². The molecule has 1 aromatic carbocycles. The molecule has 15 heavy (non-hydrogen) atoms. The van der Waals surface area contributed by atoms with Crippen molar-refractivity contribution >= 4 is 22.6 Å². The number of benzene rings is 1. The van der Waals surface area contributed by atoms with Crippen LogP contribution in [0, 0.1) is 0 Å². The maximum Gasteiger partial charge on any atom is 0.0205 e. The number of halogens is 1. The lowest BCUT2D eigenvalue weighted by molar-refractivity contribution is 0.681. The van der Waals surface area contributed by atoms with Gasteiger partial charge in [-0.25, -0.2) is 0 Å². The predicted octanol–water partition coefficient (Wildman–Crippen LogP) is 3.09. The highest BCUT2D eigenvalue weighted by molar-refractivity contribution is 14.1. The van der Waals surface area contributed by atoms with Gasteiger partial charge in [-0.1, -0.05) is 40.8 Å². The van der Waals surface area contributed by atoms with Crippen molar-refractivity contribution in [1.29, 1.82) is 0 Å². The Balaban J connectivity index is 1.87. The minimum absolute atomic E-state index is 1.03. The van der Waals surface area contributed by atoms with Gasteiger partial charge in [0.2, 0.25) is 0 Å². The molecule has 0 aliphatic heterocycles. The molecule has 1 aliphatic rings. The van der Waals surface area contributed by atoms with Gasteiger partial charge in [-0.15, -0.1) is 0 Å². The van der Waals surface area contributed by atoms with E-state index in [-0.39, 0.29) is 0 Å². The lowest BCUT2D eigenvalue weighted by Crippen LogP contribution is -2.15. The average molecular weight is 315 g/mol. The molecule has 0 spiro atoms. The summed E-state index contributed by atoms with van der Waals surface area (Å²) in [5.74, 6) is 0. The number of rotatable bonds is 5. The van der Waals surface area contributed by atoms with Crippen LogP contribution in [-0.4, -0.2) is 11.0 Å². The molecular weight excluding hydrogens is 297 g/mol. The first kappa shape index (κ1) is 11.4. The van der Waals surface area contributed by atoms with E-state index in [1.54, 1.807) is 11.1 Å². The molecule has 0 atom stereocenters. The van der Waals surface area contributed by atoms with E-state index in [4.69, 9.17) is 0 Å². The first-order valence-electron chi connectivity index (χ1n) is 5.77. The molecule has 1 nitrogen and oxygen atoms in total. The fourth-order valence-corrected chi connectivity index (χ4v) is 2.54. The quantitative estimate of drug-likeness (QED) is 0.500. The molecule has 1 aromatic rings. The molecule has 82 valence electrons. The molecule has 1 N–H and O–H groups in total. The van der Waals surface area contributed by atoms with Crippen molar-refractivity contribution in [3.8, 4) is 0 Å². The maximum absolute atomic E-state index is 3.49. The number of fused-ring (bicyclic) bond motifs is 1. The van der Waals surface area contributed by atoms with Gasteiger partial charge in [-0.2, -0.15) is 0 Å². The van der Waals surface area contributed by atoms with Crippen LogP contribution >= 0.6 is 22.6 Å². The molecule has 0 fully saturated rings. The standard InChI is InChI=1S/C13H18IN/c14-7-2-8-15-10-11-5-6-12-3-1-4-13(12)9-11/h5-6,9,15H,1-4,7-8,10H2. The Morgan fingerprint density at radius 1 is 1.20 bits per heavy atom. The van der Waals surface area contributed by atoms with Crippen LogP contribution in [0.5, 0.6) is 0 Å². The van der Waals surface area contributed by atoms with Crippen LogP contribution < -0.4 is 5.32 Å². The Morgan fingerprint density at radius 3 is 2.93 bits per heavy atom. The van der Waals surface area contributed by atoms with E-state index >= 15 is 0 Å². The first-order chi connectivity index (χ1) is 7.40. The van der Waals surface area contributed by atoms with Crippen LogP contribution in [0.4, 0.5) is 0 Å². The smallest absolute Gasteiger partial charge is 0.0205 e. The van der Waals surface area contributed by atoms with E-state index in [0.717, 1.165) is 13.1 Å². The zero-order chi connectivity index (χ0) is 10.5. The van der Waals surface area contributed by atoms with Gasteiger partial charge >= 0.3 is 0 Å². The summed E-state index contributed by atoms with van der Waals surface area (Å²) in [4.78, 5) is 0. The second kappa shape index (κ2) is 5.85. The molecule has 0 amide bonds. The van der Waals surface area contributed by atoms with E-state index in [9.17, 15) is 0 Å². The summed E-state index contributed by atoms with van der Waals surface area (Å²) in [6, 6.07) is 6.98. The van der Waals surface area contributed by atoms with Crippen molar-refractivity contribution in [3.05, 3.63) is 34.9 Å². The second-order valence-electron chi connectivity index (χ2n) is 4.18. The van der Waals surface area contributed by atoms with Crippen molar-refractivity contribution in [2.24, 2.45) is 0 Å². The van der Waals surface area contributed by atoms with Crippen LogP contribution in [-0.2, 0) is 19.4 Å². The Labute approximate surface area is 106 Å². The minimum Gasteiger partial charge on any atom is -0.313 e. The van der Waals surface area contributed by atoms with Crippen molar-refractivity contribution in [2.75, 3.05) is 11.0 Å². The summed E-state index contributed by atoms with van der Waals surface area (Å²) in [5, 5.41) is 3.49. The molecule has 2 heteroatoms. The fraction of sp³-hybridized carbons (Fsp3) is 0.538. The van der Waals surface area contributed by atoms with Crippen LogP contribution in [0.25, 0.3) is 0 Å². The molecule has 1 aliphatic carbocycles. The number of hydrogen-bond donors (Lipinski definition) is 1.